The van der Waals surface area contributed by atoms with Crippen molar-refractivity contribution in [3.8, 4) is 28.8 Å². The summed E-state index contributed by atoms with van der Waals surface area (Å²) in [6.07, 6.45) is 4.47. The van der Waals surface area contributed by atoms with Gasteiger partial charge in [0.25, 0.3) is 5.91 Å². The minimum Gasteiger partial charge on any atom is -0.494 e. The fourth-order valence-electron chi connectivity index (χ4n) is 3.86. The van der Waals surface area contributed by atoms with Crippen molar-refractivity contribution in [1.29, 1.82) is 5.26 Å². The van der Waals surface area contributed by atoms with Crippen molar-refractivity contribution in [2.75, 3.05) is 18.1 Å². The molecule has 1 fully saturated rings. The van der Waals surface area contributed by atoms with Gasteiger partial charge in [0.1, 0.15) is 23.1 Å². The van der Waals surface area contributed by atoms with Crippen molar-refractivity contribution < 1.29 is 17.9 Å². The Balaban J connectivity index is 1.71. The van der Waals surface area contributed by atoms with Gasteiger partial charge in [0.05, 0.1) is 23.8 Å². The third-order valence-electron chi connectivity index (χ3n) is 5.58. The predicted octanol–water partition coefficient (Wildman–Crippen LogP) is 3.54. The van der Waals surface area contributed by atoms with Gasteiger partial charge >= 0.3 is 0 Å². The van der Waals surface area contributed by atoms with E-state index in [1.165, 1.54) is 6.08 Å². The van der Waals surface area contributed by atoms with E-state index in [0.717, 1.165) is 17.7 Å². The summed E-state index contributed by atoms with van der Waals surface area (Å²) in [7, 11) is -3.16. The van der Waals surface area contributed by atoms with Crippen LogP contribution in [-0.4, -0.2) is 48.3 Å². The molecule has 0 spiro atoms. The van der Waals surface area contributed by atoms with E-state index >= 15 is 0 Å². The second-order valence-corrected chi connectivity index (χ2v) is 10.6. The van der Waals surface area contributed by atoms with E-state index in [0.29, 0.717) is 30.0 Å². The maximum atomic E-state index is 12.8. The molecule has 1 aliphatic rings. The molecule has 180 valence electrons. The standard InChI is InChI=1S/C26H26N4O4S/c1-2-12-34-24-10-6-7-19(15-24)25-21(17-30(29-25)23-8-4-3-5-9-23)14-20(16-27)26(31)28-22-11-13-35(32,33)18-22/h3-10,14-15,17,22H,2,11-13,18H2,1H3,(H,28,31)/b20-14-. The number of ether oxygens (including phenoxy) is 1. The SMILES string of the molecule is CCCOc1cccc(-c2nn(-c3ccccc3)cc2/C=C(/C#N)C(=O)NC2CCS(=O)(=O)C2)c1. The van der Waals surface area contributed by atoms with Gasteiger partial charge in [-0.25, -0.2) is 13.1 Å². The third kappa shape index (κ3) is 5.97. The van der Waals surface area contributed by atoms with Crippen molar-refractivity contribution >= 4 is 21.8 Å². The summed E-state index contributed by atoms with van der Waals surface area (Å²) >= 11 is 0. The normalized spacial score (nSPS) is 17.0. The second-order valence-electron chi connectivity index (χ2n) is 8.33. The van der Waals surface area contributed by atoms with Crippen LogP contribution in [0.3, 0.4) is 0 Å². The molecule has 1 amide bonds. The Hall–Kier alpha value is -3.90. The third-order valence-corrected chi connectivity index (χ3v) is 7.34. The fourth-order valence-corrected chi connectivity index (χ4v) is 5.53. The molecular weight excluding hydrogens is 464 g/mol. The fraction of sp³-hybridized carbons (Fsp3) is 0.269. The van der Waals surface area contributed by atoms with Crippen LogP contribution in [0.15, 0.2) is 66.4 Å². The van der Waals surface area contributed by atoms with Crippen LogP contribution in [0.2, 0.25) is 0 Å². The molecule has 1 atom stereocenters. The summed E-state index contributed by atoms with van der Waals surface area (Å²) in [6.45, 7) is 2.62. The van der Waals surface area contributed by atoms with Gasteiger partial charge in [-0.05, 0) is 43.2 Å². The van der Waals surface area contributed by atoms with Crippen LogP contribution in [-0.2, 0) is 14.6 Å². The quantitative estimate of drug-likeness (QED) is 0.382. The minimum absolute atomic E-state index is 0.0357. The molecule has 1 N–H and O–H groups in total. The van der Waals surface area contributed by atoms with Gasteiger partial charge in [-0.3, -0.25) is 4.79 Å². The van der Waals surface area contributed by atoms with E-state index in [1.807, 2.05) is 67.6 Å². The first kappa shape index (κ1) is 24.2. The molecule has 8 nitrogen and oxygen atoms in total. The highest BCUT2D eigenvalue weighted by Gasteiger charge is 2.29. The molecule has 0 bridgehead atoms. The Labute approximate surface area is 204 Å². The summed E-state index contributed by atoms with van der Waals surface area (Å²) in [4.78, 5) is 12.8. The Bertz CT molecular complexity index is 1390. The Kier molecular flexibility index (Phi) is 7.32. The van der Waals surface area contributed by atoms with Gasteiger partial charge in [0.2, 0.25) is 0 Å². The van der Waals surface area contributed by atoms with Crippen molar-refractivity contribution in [2.24, 2.45) is 0 Å². The van der Waals surface area contributed by atoms with Gasteiger partial charge in [0.15, 0.2) is 9.84 Å². The predicted molar refractivity (Wildman–Crippen MR) is 134 cm³/mol. The molecule has 3 aromatic rings. The molecule has 0 saturated carbocycles. The number of amides is 1. The number of nitrogens with zero attached hydrogens (tertiary/aromatic N) is 3. The molecule has 0 aliphatic carbocycles. The smallest absolute Gasteiger partial charge is 0.262 e. The van der Waals surface area contributed by atoms with Gasteiger partial charge < -0.3 is 10.1 Å². The highest BCUT2D eigenvalue weighted by molar-refractivity contribution is 7.91. The van der Waals surface area contributed by atoms with Gasteiger partial charge in [-0.15, -0.1) is 0 Å². The number of benzene rings is 2. The molecule has 35 heavy (non-hydrogen) atoms. The van der Waals surface area contributed by atoms with Crippen LogP contribution in [0.25, 0.3) is 23.0 Å². The lowest BCUT2D eigenvalue weighted by Crippen LogP contribution is -2.36. The number of sulfone groups is 1. The second kappa shape index (κ2) is 10.6. The first-order valence-corrected chi connectivity index (χ1v) is 13.2. The number of aromatic nitrogens is 2. The van der Waals surface area contributed by atoms with Crippen LogP contribution in [0.1, 0.15) is 25.3 Å². The number of nitriles is 1. The van der Waals surface area contributed by atoms with E-state index in [-0.39, 0.29) is 17.1 Å². The van der Waals surface area contributed by atoms with Crippen LogP contribution in [0.5, 0.6) is 5.75 Å². The van der Waals surface area contributed by atoms with E-state index in [2.05, 4.69) is 5.32 Å². The largest absolute Gasteiger partial charge is 0.494 e. The van der Waals surface area contributed by atoms with Gasteiger partial charge in [-0.1, -0.05) is 37.3 Å². The van der Waals surface area contributed by atoms with Gasteiger partial charge in [0, 0.05) is 23.4 Å². The molecule has 2 aromatic carbocycles. The highest BCUT2D eigenvalue weighted by atomic mass is 32.2. The van der Waals surface area contributed by atoms with E-state index in [1.54, 1.807) is 10.9 Å². The monoisotopic (exact) mass is 490 g/mol. The zero-order valence-corrected chi connectivity index (χ0v) is 20.2. The molecule has 2 heterocycles. The summed E-state index contributed by atoms with van der Waals surface area (Å²) in [6, 6.07) is 18.5. The number of hydrogen-bond acceptors (Lipinski definition) is 6. The Morgan fingerprint density at radius 1 is 1.26 bits per heavy atom. The molecule has 1 aliphatic heterocycles. The molecule has 1 aromatic heterocycles. The Morgan fingerprint density at radius 2 is 2.06 bits per heavy atom. The molecule has 1 saturated heterocycles. The Morgan fingerprint density at radius 3 is 2.74 bits per heavy atom. The number of carbonyl (C=O) groups is 1. The minimum atomic E-state index is -3.16. The zero-order chi connectivity index (χ0) is 24.8. The molecule has 4 rings (SSSR count). The number of hydrogen-bond donors (Lipinski definition) is 1. The molecule has 9 heteroatoms. The lowest BCUT2D eigenvalue weighted by atomic mass is 10.1. The molecule has 1 unspecified atom stereocenters. The first-order valence-electron chi connectivity index (χ1n) is 11.4. The first-order chi connectivity index (χ1) is 16.9. The van der Waals surface area contributed by atoms with Gasteiger partial charge in [-0.2, -0.15) is 10.4 Å². The van der Waals surface area contributed by atoms with E-state index in [4.69, 9.17) is 9.84 Å². The topological polar surface area (TPSA) is 114 Å². The van der Waals surface area contributed by atoms with E-state index < -0.39 is 21.8 Å². The summed E-state index contributed by atoms with van der Waals surface area (Å²) in [5, 5.41) is 17.1. The van der Waals surface area contributed by atoms with Crippen LogP contribution in [0, 0.1) is 11.3 Å². The summed E-state index contributed by atoms with van der Waals surface area (Å²) < 4.78 is 30.9. The number of rotatable bonds is 8. The van der Waals surface area contributed by atoms with Crippen LogP contribution >= 0.6 is 0 Å². The highest BCUT2D eigenvalue weighted by Crippen LogP contribution is 2.28. The average molecular weight is 491 g/mol. The summed E-state index contributed by atoms with van der Waals surface area (Å²) in [5.74, 6) is 0.0231. The summed E-state index contributed by atoms with van der Waals surface area (Å²) in [5.41, 5.74) is 2.64. The lowest BCUT2D eigenvalue weighted by molar-refractivity contribution is -0.117. The molecular formula is C26H26N4O4S. The van der Waals surface area contributed by atoms with Crippen molar-refractivity contribution in [3.63, 3.8) is 0 Å². The van der Waals surface area contributed by atoms with Crippen LogP contribution < -0.4 is 10.1 Å². The molecule has 0 radical (unpaired) electrons. The maximum Gasteiger partial charge on any atom is 0.262 e. The van der Waals surface area contributed by atoms with Crippen molar-refractivity contribution in [3.05, 3.63) is 71.9 Å². The number of nitrogens with one attached hydrogen (secondary N) is 1. The van der Waals surface area contributed by atoms with Crippen LogP contribution in [0.4, 0.5) is 0 Å². The van der Waals surface area contributed by atoms with E-state index in [9.17, 15) is 18.5 Å². The lowest BCUT2D eigenvalue weighted by Gasteiger charge is -2.10. The number of para-hydroxylation sites is 1. The van der Waals surface area contributed by atoms with Crippen molar-refractivity contribution in [2.45, 2.75) is 25.8 Å². The average Bonchev–Trinajstić information content (AvgIpc) is 3.44. The van der Waals surface area contributed by atoms with Crippen molar-refractivity contribution in [1.82, 2.24) is 15.1 Å². The maximum absolute atomic E-state index is 12.8. The zero-order valence-electron chi connectivity index (χ0n) is 19.3. The number of carbonyl (C=O) groups excluding carboxylic acids is 1.